The minimum absolute atomic E-state index is 0.106. The molecule has 4 heteroatoms. The number of benzene rings is 1. The van der Waals surface area contributed by atoms with Gasteiger partial charge in [0.05, 0.1) is 13.7 Å². The second kappa shape index (κ2) is 8.85. The van der Waals surface area contributed by atoms with Crippen molar-refractivity contribution in [2.75, 3.05) is 13.7 Å². The Morgan fingerprint density at radius 2 is 2.05 bits per heavy atom. The van der Waals surface area contributed by atoms with Gasteiger partial charge >= 0.3 is 0 Å². The molecule has 0 amide bonds. The Kier molecular flexibility index (Phi) is 7.45. The third-order valence-corrected chi connectivity index (χ3v) is 3.64. The number of methoxy groups -OCH3 is 1. The summed E-state index contributed by atoms with van der Waals surface area (Å²) in [5.74, 6) is 1.09. The van der Waals surface area contributed by atoms with Crippen molar-refractivity contribution in [3.63, 3.8) is 0 Å². The topological polar surface area (TPSA) is 35.5 Å². The summed E-state index contributed by atoms with van der Waals surface area (Å²) in [4.78, 5) is 11.4. The minimum Gasteiger partial charge on any atom is -0.493 e. The molecule has 0 saturated heterocycles. The van der Waals surface area contributed by atoms with Gasteiger partial charge in [0.1, 0.15) is 5.38 Å². The van der Waals surface area contributed by atoms with Crippen LogP contribution in [0.4, 0.5) is 0 Å². The number of Topliss-reactive ketones (excluding diaryl/α,β-unsaturated/α-hetero) is 1. The number of para-hydroxylation sites is 1. The summed E-state index contributed by atoms with van der Waals surface area (Å²) < 4.78 is 11.1. The Morgan fingerprint density at radius 3 is 2.65 bits per heavy atom. The van der Waals surface area contributed by atoms with Gasteiger partial charge in [0, 0.05) is 5.56 Å². The highest BCUT2D eigenvalue weighted by atomic mass is 35.5. The van der Waals surface area contributed by atoms with Crippen molar-refractivity contribution in [2.45, 2.75) is 44.9 Å². The van der Waals surface area contributed by atoms with E-state index in [1.54, 1.807) is 13.2 Å². The van der Waals surface area contributed by atoms with Crippen molar-refractivity contribution < 1.29 is 14.3 Å². The van der Waals surface area contributed by atoms with Gasteiger partial charge in [0.2, 0.25) is 0 Å². The maximum Gasteiger partial charge on any atom is 0.165 e. The molecule has 0 fully saturated rings. The average molecular weight is 299 g/mol. The minimum atomic E-state index is -0.700. The highest BCUT2D eigenvalue weighted by molar-refractivity contribution is 6.31. The van der Waals surface area contributed by atoms with Gasteiger partial charge in [0.15, 0.2) is 17.3 Å². The van der Waals surface area contributed by atoms with E-state index in [9.17, 15) is 4.79 Å². The van der Waals surface area contributed by atoms with Crippen LogP contribution in [0.3, 0.4) is 0 Å². The van der Waals surface area contributed by atoms with Crippen LogP contribution in [0.15, 0.2) is 18.2 Å². The van der Waals surface area contributed by atoms with Crippen molar-refractivity contribution in [3.8, 4) is 11.5 Å². The van der Waals surface area contributed by atoms with E-state index in [-0.39, 0.29) is 5.78 Å². The first-order valence-electron chi connectivity index (χ1n) is 7.06. The molecular weight excluding hydrogens is 276 g/mol. The van der Waals surface area contributed by atoms with Gasteiger partial charge in [-0.05, 0) is 19.4 Å². The fourth-order valence-corrected chi connectivity index (χ4v) is 2.17. The summed E-state index contributed by atoms with van der Waals surface area (Å²) in [5, 5.41) is -0.700. The van der Waals surface area contributed by atoms with E-state index in [0.29, 0.717) is 23.7 Å². The lowest BCUT2D eigenvalue weighted by Crippen LogP contribution is -2.06. The van der Waals surface area contributed by atoms with Crippen molar-refractivity contribution >= 4 is 17.4 Å². The molecule has 3 nitrogen and oxygen atoms in total. The molecule has 0 aromatic heterocycles. The number of rotatable bonds is 9. The lowest BCUT2D eigenvalue weighted by atomic mass is 10.1. The molecule has 0 aliphatic heterocycles. The Hall–Kier alpha value is -1.22. The number of halogens is 1. The third-order valence-electron chi connectivity index (χ3n) is 3.10. The molecule has 0 bridgehead atoms. The molecule has 0 N–H and O–H groups in total. The molecule has 112 valence electrons. The lowest BCUT2D eigenvalue weighted by Gasteiger charge is -2.16. The molecular formula is C16H23ClO3. The van der Waals surface area contributed by atoms with Crippen molar-refractivity contribution in [1.82, 2.24) is 0 Å². The normalized spacial score (nSPS) is 12.0. The highest BCUT2D eigenvalue weighted by Gasteiger charge is 2.20. The van der Waals surface area contributed by atoms with Crippen LogP contribution in [0.25, 0.3) is 0 Å². The molecule has 1 atom stereocenters. The van der Waals surface area contributed by atoms with E-state index in [4.69, 9.17) is 21.1 Å². The molecule has 1 aromatic rings. The Bertz CT molecular complexity index is 432. The van der Waals surface area contributed by atoms with E-state index >= 15 is 0 Å². The van der Waals surface area contributed by atoms with E-state index in [1.165, 1.54) is 19.8 Å². The fraction of sp³-hybridized carbons (Fsp3) is 0.562. The summed E-state index contributed by atoms with van der Waals surface area (Å²) in [5.41, 5.74) is 0.660. The Morgan fingerprint density at radius 1 is 1.30 bits per heavy atom. The van der Waals surface area contributed by atoms with Gasteiger partial charge < -0.3 is 9.47 Å². The van der Waals surface area contributed by atoms with Crippen LogP contribution in [0.1, 0.15) is 50.5 Å². The van der Waals surface area contributed by atoms with Crippen LogP contribution < -0.4 is 9.47 Å². The van der Waals surface area contributed by atoms with Crippen molar-refractivity contribution in [2.24, 2.45) is 0 Å². The SMILES string of the molecule is CCCCCCOc1cccc(C(Cl)C(C)=O)c1OC. The first-order valence-corrected chi connectivity index (χ1v) is 7.49. The van der Waals surface area contributed by atoms with E-state index in [1.807, 2.05) is 12.1 Å². The fourth-order valence-electron chi connectivity index (χ4n) is 1.99. The number of alkyl halides is 1. The van der Waals surface area contributed by atoms with Crippen LogP contribution in [0.5, 0.6) is 11.5 Å². The quantitative estimate of drug-likeness (QED) is 0.496. The van der Waals surface area contributed by atoms with E-state index < -0.39 is 5.38 Å². The number of carbonyl (C=O) groups excluding carboxylic acids is 1. The molecule has 0 radical (unpaired) electrons. The summed E-state index contributed by atoms with van der Waals surface area (Å²) >= 11 is 6.11. The maximum absolute atomic E-state index is 11.4. The van der Waals surface area contributed by atoms with Crippen LogP contribution in [-0.4, -0.2) is 19.5 Å². The number of unbranched alkanes of at least 4 members (excludes halogenated alkanes) is 3. The van der Waals surface area contributed by atoms with Crippen LogP contribution in [0.2, 0.25) is 0 Å². The van der Waals surface area contributed by atoms with Crippen LogP contribution in [-0.2, 0) is 4.79 Å². The van der Waals surface area contributed by atoms with Gasteiger partial charge in [-0.15, -0.1) is 11.6 Å². The van der Waals surface area contributed by atoms with Gasteiger partial charge in [-0.25, -0.2) is 0 Å². The Balaban J connectivity index is 2.76. The molecule has 0 saturated carbocycles. The highest BCUT2D eigenvalue weighted by Crippen LogP contribution is 2.37. The maximum atomic E-state index is 11.4. The average Bonchev–Trinajstić information content (AvgIpc) is 2.45. The zero-order valence-electron chi connectivity index (χ0n) is 12.4. The first kappa shape index (κ1) is 16.8. The second-order valence-corrected chi connectivity index (χ2v) is 5.20. The second-order valence-electron chi connectivity index (χ2n) is 4.76. The smallest absolute Gasteiger partial charge is 0.165 e. The molecule has 0 heterocycles. The van der Waals surface area contributed by atoms with E-state index in [0.717, 1.165) is 12.8 Å². The molecule has 0 spiro atoms. The number of carbonyl (C=O) groups is 1. The molecule has 0 aliphatic carbocycles. The third kappa shape index (κ3) is 4.71. The first-order chi connectivity index (χ1) is 9.61. The summed E-state index contributed by atoms with van der Waals surface area (Å²) in [7, 11) is 1.56. The number of hydrogen-bond donors (Lipinski definition) is 0. The zero-order chi connectivity index (χ0) is 15.0. The molecule has 1 unspecified atom stereocenters. The molecule has 1 rings (SSSR count). The van der Waals surface area contributed by atoms with Gasteiger partial charge in [-0.1, -0.05) is 38.3 Å². The monoisotopic (exact) mass is 298 g/mol. The zero-order valence-corrected chi connectivity index (χ0v) is 13.2. The van der Waals surface area contributed by atoms with Gasteiger partial charge in [-0.2, -0.15) is 0 Å². The predicted octanol–water partition coefficient (Wildman–Crippen LogP) is 4.52. The molecule has 1 aromatic carbocycles. The largest absolute Gasteiger partial charge is 0.493 e. The number of ketones is 1. The van der Waals surface area contributed by atoms with Crippen molar-refractivity contribution in [1.29, 1.82) is 0 Å². The summed E-state index contributed by atoms with van der Waals surface area (Å²) in [6.45, 7) is 4.29. The standard InChI is InChI=1S/C16H23ClO3/c1-4-5-6-7-11-20-14-10-8-9-13(16(14)19-3)15(17)12(2)18/h8-10,15H,4-7,11H2,1-3H3. The summed E-state index contributed by atoms with van der Waals surface area (Å²) in [6, 6.07) is 5.46. The van der Waals surface area contributed by atoms with E-state index in [2.05, 4.69) is 6.92 Å². The molecule has 20 heavy (non-hydrogen) atoms. The number of ether oxygens (including phenoxy) is 2. The Labute approximate surface area is 126 Å². The van der Waals surface area contributed by atoms with Crippen LogP contribution >= 0.6 is 11.6 Å². The molecule has 0 aliphatic rings. The van der Waals surface area contributed by atoms with Gasteiger partial charge in [-0.3, -0.25) is 4.79 Å². The van der Waals surface area contributed by atoms with Gasteiger partial charge in [0.25, 0.3) is 0 Å². The van der Waals surface area contributed by atoms with Crippen molar-refractivity contribution in [3.05, 3.63) is 23.8 Å². The predicted molar refractivity (Wildman–Crippen MR) is 81.9 cm³/mol. The summed E-state index contributed by atoms with van der Waals surface area (Å²) in [6.07, 6.45) is 4.59. The lowest BCUT2D eigenvalue weighted by molar-refractivity contribution is -0.116. The number of hydrogen-bond acceptors (Lipinski definition) is 3. The van der Waals surface area contributed by atoms with Crippen LogP contribution in [0, 0.1) is 0 Å².